The quantitative estimate of drug-likeness (QED) is 0.476. The summed E-state index contributed by atoms with van der Waals surface area (Å²) in [6.45, 7) is 0. The van der Waals surface area contributed by atoms with Crippen LogP contribution in [0.15, 0.2) is 23.4 Å². The first-order chi connectivity index (χ1) is 4.74. The molecule has 1 spiro atoms. The van der Waals surface area contributed by atoms with Crippen molar-refractivity contribution in [3.63, 3.8) is 0 Å². The molecule has 0 saturated carbocycles. The number of epoxide rings is 2. The molecule has 2 saturated heterocycles. The molecule has 1 aliphatic carbocycles. The highest BCUT2D eigenvalue weighted by Crippen LogP contribution is 2.63. The number of aliphatic hydroxyl groups is 2. The van der Waals surface area contributed by atoms with E-state index in [0.717, 1.165) is 0 Å². The van der Waals surface area contributed by atoms with Crippen molar-refractivity contribution in [1.29, 1.82) is 0 Å². The van der Waals surface area contributed by atoms with Crippen molar-refractivity contribution in [3.8, 4) is 0 Å². The van der Waals surface area contributed by atoms with E-state index < -0.39 is 11.9 Å². The van der Waals surface area contributed by atoms with Crippen LogP contribution < -0.4 is 0 Å². The molecule has 2 unspecified atom stereocenters. The maximum absolute atomic E-state index is 9.06. The zero-order valence-electron chi connectivity index (χ0n) is 4.87. The van der Waals surface area contributed by atoms with Gasteiger partial charge in [0.05, 0.1) is 0 Å². The number of hydrogen-bond acceptors (Lipinski definition) is 4. The molecule has 0 amide bonds. The second-order valence-electron chi connectivity index (χ2n) is 2.55. The first-order valence-corrected chi connectivity index (χ1v) is 2.95. The Bertz CT molecular complexity index is 290. The van der Waals surface area contributed by atoms with Crippen LogP contribution >= 0.6 is 0 Å². The third-order valence-corrected chi connectivity index (χ3v) is 1.92. The molecule has 0 bridgehead atoms. The van der Waals surface area contributed by atoms with Crippen LogP contribution in [0.5, 0.6) is 0 Å². The molecule has 10 heavy (non-hydrogen) atoms. The molecule has 4 heteroatoms. The van der Waals surface area contributed by atoms with Crippen LogP contribution in [0.1, 0.15) is 0 Å². The monoisotopic (exact) mass is 140 g/mol. The van der Waals surface area contributed by atoms with E-state index in [-0.39, 0.29) is 11.5 Å². The van der Waals surface area contributed by atoms with Gasteiger partial charge < -0.3 is 19.7 Å². The van der Waals surface area contributed by atoms with Gasteiger partial charge in [-0.25, -0.2) is 0 Å². The van der Waals surface area contributed by atoms with Crippen molar-refractivity contribution >= 4 is 0 Å². The molecule has 3 aliphatic rings. The summed E-state index contributed by atoms with van der Waals surface area (Å²) in [5.41, 5.74) is 0. The van der Waals surface area contributed by atoms with Crippen LogP contribution in [0, 0.1) is 0 Å². The van der Waals surface area contributed by atoms with Crippen LogP contribution in [0.2, 0.25) is 0 Å². The smallest absolute Gasteiger partial charge is 0.305 e. The van der Waals surface area contributed by atoms with Crippen molar-refractivity contribution in [2.24, 2.45) is 0 Å². The minimum absolute atomic E-state index is 0.124. The summed E-state index contributed by atoms with van der Waals surface area (Å²) in [5.74, 6) is -0.296. The van der Waals surface area contributed by atoms with Gasteiger partial charge >= 0.3 is 5.79 Å². The molecular formula is C6H4O4. The van der Waals surface area contributed by atoms with Crippen LogP contribution in [0.25, 0.3) is 0 Å². The fourth-order valence-electron chi connectivity index (χ4n) is 1.24. The van der Waals surface area contributed by atoms with Gasteiger partial charge in [-0.3, -0.25) is 0 Å². The zero-order valence-corrected chi connectivity index (χ0v) is 4.87. The minimum atomic E-state index is -0.643. The van der Waals surface area contributed by atoms with E-state index in [2.05, 4.69) is 0 Å². The van der Waals surface area contributed by atoms with Crippen LogP contribution in [0.4, 0.5) is 0 Å². The van der Waals surface area contributed by atoms with Gasteiger partial charge in [0, 0.05) is 6.08 Å². The Hall–Kier alpha value is -1.16. The zero-order chi connectivity index (χ0) is 6.93. The molecule has 0 aromatic heterocycles. The maximum atomic E-state index is 9.06. The van der Waals surface area contributed by atoms with Gasteiger partial charge in [-0.2, -0.15) is 0 Å². The lowest BCUT2D eigenvalue weighted by Gasteiger charge is -1.95. The number of rotatable bonds is 0. The lowest BCUT2D eigenvalue weighted by Crippen LogP contribution is -2.04. The molecule has 2 N–H and O–H groups in total. The molecule has 0 aromatic carbocycles. The predicted octanol–water partition coefficient (Wildman–Crippen LogP) is 0.337. The summed E-state index contributed by atoms with van der Waals surface area (Å²) in [4.78, 5) is 0. The number of hydrogen-bond donors (Lipinski definition) is 2. The lowest BCUT2D eigenvalue weighted by molar-refractivity contribution is 0.244. The second kappa shape index (κ2) is 0.932. The van der Waals surface area contributed by atoms with Gasteiger partial charge in [0.2, 0.25) is 0 Å². The SMILES string of the molecule is OC1=C(O)C2OC23OC3=C1. The Morgan fingerprint density at radius 1 is 1.50 bits per heavy atom. The summed E-state index contributed by atoms with van der Waals surface area (Å²) in [6, 6.07) is 0. The number of allylic oxidation sites excluding steroid dienone is 1. The molecule has 52 valence electrons. The van der Waals surface area contributed by atoms with Gasteiger partial charge in [-0.15, -0.1) is 0 Å². The Morgan fingerprint density at radius 3 is 3.10 bits per heavy atom. The largest absolute Gasteiger partial charge is 0.506 e. The summed E-state index contributed by atoms with van der Waals surface area (Å²) < 4.78 is 9.92. The molecule has 2 aliphatic heterocycles. The normalized spacial score (nSPS) is 46.8. The summed E-state index contributed by atoms with van der Waals surface area (Å²) in [6.07, 6.45) is 0.936. The Kier molecular flexibility index (Phi) is 0.431. The van der Waals surface area contributed by atoms with E-state index in [1.807, 2.05) is 0 Å². The molecule has 0 radical (unpaired) electrons. The van der Waals surface area contributed by atoms with Crippen molar-refractivity contribution in [2.75, 3.05) is 0 Å². The average molecular weight is 140 g/mol. The molecule has 2 atom stereocenters. The minimum Gasteiger partial charge on any atom is -0.506 e. The second-order valence-corrected chi connectivity index (χ2v) is 2.55. The third-order valence-electron chi connectivity index (χ3n) is 1.92. The number of aliphatic hydroxyl groups excluding tert-OH is 2. The van der Waals surface area contributed by atoms with E-state index in [4.69, 9.17) is 19.7 Å². The van der Waals surface area contributed by atoms with Gasteiger partial charge in [0.15, 0.2) is 23.4 Å². The van der Waals surface area contributed by atoms with E-state index in [1.165, 1.54) is 6.08 Å². The van der Waals surface area contributed by atoms with Crippen LogP contribution in [-0.2, 0) is 9.47 Å². The highest BCUT2D eigenvalue weighted by atomic mass is 16.9. The molecule has 2 fully saturated rings. The standard InChI is InChI=1S/C6H4O4/c7-2-1-3-6(9-3)5(10-6)4(2)8/h1,5,7-8H. The molecule has 4 nitrogen and oxygen atoms in total. The van der Waals surface area contributed by atoms with Gasteiger partial charge in [-0.05, 0) is 0 Å². The van der Waals surface area contributed by atoms with E-state index in [9.17, 15) is 0 Å². The maximum Gasteiger partial charge on any atom is 0.305 e. The first kappa shape index (κ1) is 4.62. The Labute approximate surface area is 56.0 Å². The van der Waals surface area contributed by atoms with E-state index in [1.54, 1.807) is 0 Å². The first-order valence-electron chi connectivity index (χ1n) is 2.95. The summed E-state index contributed by atoms with van der Waals surface area (Å²) in [5, 5.41) is 18.0. The fourth-order valence-corrected chi connectivity index (χ4v) is 1.24. The van der Waals surface area contributed by atoms with Crippen molar-refractivity contribution in [1.82, 2.24) is 0 Å². The molecular weight excluding hydrogens is 136 g/mol. The van der Waals surface area contributed by atoms with Gasteiger partial charge in [0.25, 0.3) is 0 Å². The lowest BCUT2D eigenvalue weighted by atomic mass is 10.1. The third kappa shape index (κ3) is 0.280. The number of ether oxygens (including phenoxy) is 2. The topological polar surface area (TPSA) is 65.5 Å². The molecule has 2 heterocycles. The van der Waals surface area contributed by atoms with E-state index >= 15 is 0 Å². The summed E-state index contributed by atoms with van der Waals surface area (Å²) >= 11 is 0. The van der Waals surface area contributed by atoms with Crippen LogP contribution in [0.3, 0.4) is 0 Å². The van der Waals surface area contributed by atoms with Crippen molar-refractivity contribution in [3.05, 3.63) is 23.4 Å². The Morgan fingerprint density at radius 2 is 2.30 bits per heavy atom. The van der Waals surface area contributed by atoms with Crippen molar-refractivity contribution < 1.29 is 19.7 Å². The Balaban J connectivity index is 2.18. The van der Waals surface area contributed by atoms with Crippen molar-refractivity contribution in [2.45, 2.75) is 11.9 Å². The van der Waals surface area contributed by atoms with Gasteiger partial charge in [-0.1, -0.05) is 0 Å². The average Bonchev–Trinajstić information content (AvgIpc) is 2.71. The van der Waals surface area contributed by atoms with Gasteiger partial charge in [0.1, 0.15) is 0 Å². The molecule has 0 aromatic rings. The predicted molar refractivity (Wildman–Crippen MR) is 29.1 cm³/mol. The highest BCUT2D eigenvalue weighted by molar-refractivity contribution is 5.46. The fraction of sp³-hybridized carbons (Fsp3) is 0.333. The highest BCUT2D eigenvalue weighted by Gasteiger charge is 2.79. The van der Waals surface area contributed by atoms with Crippen LogP contribution in [-0.4, -0.2) is 22.1 Å². The summed E-state index contributed by atoms with van der Waals surface area (Å²) in [7, 11) is 0. The van der Waals surface area contributed by atoms with E-state index in [0.29, 0.717) is 5.76 Å². The molecule has 3 rings (SSSR count).